The Kier molecular flexibility index (Phi) is 3.35. The Balaban J connectivity index is 1.82. The van der Waals surface area contributed by atoms with Crippen LogP contribution < -0.4 is 5.32 Å². The van der Waals surface area contributed by atoms with E-state index in [1.54, 1.807) is 0 Å². The molecule has 5 nitrogen and oxygen atoms in total. The maximum atomic E-state index is 5.89. The van der Waals surface area contributed by atoms with Crippen molar-refractivity contribution in [2.45, 2.75) is 57.0 Å². The molecule has 1 atom stereocenters. The van der Waals surface area contributed by atoms with Gasteiger partial charge in [-0.05, 0) is 52.1 Å². The largest absolute Gasteiger partial charge is 0.367 e. The zero-order valence-corrected chi connectivity index (χ0v) is 11.9. The fraction of sp³-hybridized carbons (Fsp3) is 0.857. The lowest BCUT2D eigenvalue weighted by Gasteiger charge is -2.31. The minimum absolute atomic E-state index is 0.0154. The van der Waals surface area contributed by atoms with E-state index in [1.807, 2.05) is 0 Å². The van der Waals surface area contributed by atoms with Crippen molar-refractivity contribution in [3.8, 4) is 0 Å². The summed E-state index contributed by atoms with van der Waals surface area (Å²) < 4.78 is 11.4. The van der Waals surface area contributed by atoms with Gasteiger partial charge in [-0.3, -0.25) is 0 Å². The molecule has 0 radical (unpaired) electrons. The van der Waals surface area contributed by atoms with Crippen LogP contribution in [0.4, 0.5) is 0 Å². The first kappa shape index (κ1) is 13.1. The number of hydrogen-bond donors (Lipinski definition) is 1. The number of nitrogens with one attached hydrogen (secondary N) is 1. The highest BCUT2D eigenvalue weighted by Gasteiger charge is 2.39. The van der Waals surface area contributed by atoms with Gasteiger partial charge in [0, 0.05) is 12.0 Å². The van der Waals surface area contributed by atoms with Crippen molar-refractivity contribution in [1.82, 2.24) is 15.5 Å². The van der Waals surface area contributed by atoms with Crippen LogP contribution in [0.15, 0.2) is 4.52 Å². The van der Waals surface area contributed by atoms with E-state index in [-0.39, 0.29) is 11.0 Å². The van der Waals surface area contributed by atoms with Crippen LogP contribution in [0.5, 0.6) is 0 Å². The second kappa shape index (κ2) is 4.87. The van der Waals surface area contributed by atoms with Crippen molar-refractivity contribution >= 4 is 0 Å². The highest BCUT2D eigenvalue weighted by molar-refractivity contribution is 5.09. The van der Waals surface area contributed by atoms with E-state index < -0.39 is 0 Å². The van der Waals surface area contributed by atoms with Crippen molar-refractivity contribution in [1.29, 1.82) is 0 Å². The fourth-order valence-corrected chi connectivity index (χ4v) is 2.99. The minimum Gasteiger partial charge on any atom is -0.367 e. The highest BCUT2D eigenvalue weighted by Crippen LogP contribution is 2.36. The van der Waals surface area contributed by atoms with Crippen LogP contribution in [0.25, 0.3) is 0 Å². The summed E-state index contributed by atoms with van der Waals surface area (Å²) in [5, 5.41) is 7.57. The molecule has 1 unspecified atom stereocenters. The number of piperidine rings is 1. The maximum Gasteiger partial charge on any atom is 0.232 e. The van der Waals surface area contributed by atoms with Crippen molar-refractivity contribution in [3.05, 3.63) is 11.7 Å². The maximum absolute atomic E-state index is 5.89. The van der Waals surface area contributed by atoms with Crippen LogP contribution >= 0.6 is 0 Å². The summed E-state index contributed by atoms with van der Waals surface area (Å²) in [5.41, 5.74) is -0.342. The molecule has 0 saturated carbocycles. The molecular formula is C14H23N3O2. The first-order chi connectivity index (χ1) is 9.12. The first-order valence-corrected chi connectivity index (χ1v) is 7.32. The zero-order valence-electron chi connectivity index (χ0n) is 11.9. The van der Waals surface area contributed by atoms with E-state index in [4.69, 9.17) is 9.26 Å². The third-order valence-electron chi connectivity index (χ3n) is 4.59. The Morgan fingerprint density at radius 3 is 2.58 bits per heavy atom. The normalized spacial score (nSPS) is 31.3. The molecule has 2 fully saturated rings. The Morgan fingerprint density at radius 1 is 1.11 bits per heavy atom. The van der Waals surface area contributed by atoms with Crippen LogP contribution in [0.3, 0.4) is 0 Å². The molecule has 0 aliphatic carbocycles. The Morgan fingerprint density at radius 2 is 1.89 bits per heavy atom. The molecule has 0 spiro atoms. The SMILES string of the molecule is CC1(c2nc(C3(C)CCCCO3)no2)CCNCC1. The van der Waals surface area contributed by atoms with E-state index >= 15 is 0 Å². The van der Waals surface area contributed by atoms with Gasteiger partial charge in [0.1, 0.15) is 5.60 Å². The molecule has 19 heavy (non-hydrogen) atoms. The second-order valence-corrected chi connectivity index (χ2v) is 6.27. The van der Waals surface area contributed by atoms with Crippen molar-refractivity contribution in [3.63, 3.8) is 0 Å². The predicted octanol–water partition coefficient (Wildman–Crippen LogP) is 2.13. The summed E-state index contributed by atoms with van der Waals surface area (Å²) in [5.74, 6) is 1.50. The van der Waals surface area contributed by atoms with Gasteiger partial charge in [-0.2, -0.15) is 4.98 Å². The third kappa shape index (κ3) is 2.41. The molecule has 2 saturated heterocycles. The smallest absolute Gasteiger partial charge is 0.232 e. The molecular weight excluding hydrogens is 242 g/mol. The number of ether oxygens (including phenoxy) is 1. The molecule has 1 N–H and O–H groups in total. The van der Waals surface area contributed by atoms with Gasteiger partial charge in [0.2, 0.25) is 11.7 Å². The molecule has 2 aliphatic heterocycles. The van der Waals surface area contributed by atoms with Crippen LogP contribution in [0.1, 0.15) is 57.7 Å². The zero-order chi connectivity index (χ0) is 13.3. The molecule has 0 amide bonds. The lowest BCUT2D eigenvalue weighted by atomic mass is 9.81. The number of rotatable bonds is 2. The van der Waals surface area contributed by atoms with Crippen molar-refractivity contribution in [2.75, 3.05) is 19.7 Å². The van der Waals surface area contributed by atoms with Crippen LogP contribution in [0, 0.1) is 0 Å². The van der Waals surface area contributed by atoms with Gasteiger partial charge < -0.3 is 14.6 Å². The standard InChI is InChI=1S/C14H23N3O2/c1-13(6-8-15-9-7-13)12-16-11(17-19-12)14(2)5-3-4-10-18-14/h15H,3-10H2,1-2H3. The van der Waals surface area contributed by atoms with Gasteiger partial charge in [-0.1, -0.05) is 12.1 Å². The number of nitrogens with zero attached hydrogens (tertiary/aromatic N) is 2. The average molecular weight is 265 g/mol. The van der Waals surface area contributed by atoms with E-state index in [2.05, 4.69) is 29.3 Å². The second-order valence-electron chi connectivity index (χ2n) is 6.27. The van der Waals surface area contributed by atoms with Gasteiger partial charge in [0.25, 0.3) is 0 Å². The van der Waals surface area contributed by atoms with Crippen LogP contribution in [-0.4, -0.2) is 29.8 Å². The first-order valence-electron chi connectivity index (χ1n) is 7.32. The lowest BCUT2D eigenvalue weighted by Crippen LogP contribution is -2.38. The predicted molar refractivity (Wildman–Crippen MR) is 70.9 cm³/mol. The van der Waals surface area contributed by atoms with Gasteiger partial charge in [0.15, 0.2) is 0 Å². The van der Waals surface area contributed by atoms with E-state index in [1.165, 1.54) is 6.42 Å². The van der Waals surface area contributed by atoms with Gasteiger partial charge >= 0.3 is 0 Å². The molecule has 1 aromatic rings. The number of aromatic nitrogens is 2. The van der Waals surface area contributed by atoms with Crippen molar-refractivity contribution in [2.24, 2.45) is 0 Å². The summed E-state index contributed by atoms with van der Waals surface area (Å²) in [4.78, 5) is 4.67. The van der Waals surface area contributed by atoms with E-state index in [9.17, 15) is 0 Å². The fourth-order valence-electron chi connectivity index (χ4n) is 2.99. The molecule has 2 aliphatic rings. The summed E-state index contributed by atoms with van der Waals surface area (Å²) in [7, 11) is 0. The van der Waals surface area contributed by atoms with Crippen LogP contribution in [0.2, 0.25) is 0 Å². The molecule has 106 valence electrons. The van der Waals surface area contributed by atoms with Crippen molar-refractivity contribution < 1.29 is 9.26 Å². The van der Waals surface area contributed by atoms with E-state index in [0.717, 1.165) is 57.1 Å². The van der Waals surface area contributed by atoms with Crippen LogP contribution in [-0.2, 0) is 15.8 Å². The minimum atomic E-state index is -0.358. The summed E-state index contributed by atoms with van der Waals surface area (Å²) >= 11 is 0. The topological polar surface area (TPSA) is 60.2 Å². The Labute approximate surface area is 114 Å². The summed E-state index contributed by atoms with van der Waals surface area (Å²) in [6.07, 6.45) is 5.37. The number of hydrogen-bond acceptors (Lipinski definition) is 5. The third-order valence-corrected chi connectivity index (χ3v) is 4.59. The summed E-state index contributed by atoms with van der Waals surface area (Å²) in [6, 6.07) is 0. The highest BCUT2D eigenvalue weighted by atomic mass is 16.5. The van der Waals surface area contributed by atoms with E-state index in [0.29, 0.717) is 0 Å². The molecule has 0 bridgehead atoms. The lowest BCUT2D eigenvalue weighted by molar-refractivity contribution is -0.0770. The Bertz CT molecular complexity index is 393. The molecule has 5 heteroatoms. The molecule has 3 heterocycles. The monoisotopic (exact) mass is 265 g/mol. The summed E-state index contributed by atoms with van der Waals surface area (Å²) in [6.45, 7) is 7.12. The molecule has 3 rings (SSSR count). The quantitative estimate of drug-likeness (QED) is 0.887. The van der Waals surface area contributed by atoms with Gasteiger partial charge in [-0.25, -0.2) is 0 Å². The Hall–Kier alpha value is -0.940. The molecule has 1 aromatic heterocycles. The van der Waals surface area contributed by atoms with Gasteiger partial charge in [-0.15, -0.1) is 0 Å². The van der Waals surface area contributed by atoms with Gasteiger partial charge in [0.05, 0.1) is 0 Å². The average Bonchev–Trinajstić information content (AvgIpc) is 2.91. The molecule has 0 aromatic carbocycles.